The second kappa shape index (κ2) is 9.44. The third kappa shape index (κ3) is 8.34. The third-order valence-corrected chi connectivity index (χ3v) is 2.13. The number of rotatable bonds is 6. The Balaban J connectivity index is 0.000000885. The van der Waals surface area contributed by atoms with Crippen molar-refractivity contribution in [2.75, 3.05) is 6.61 Å². The first kappa shape index (κ1) is 18.5. The maximum absolute atomic E-state index is 11.3. The Bertz CT molecular complexity index is 457. The molecule has 0 bridgehead atoms. The molecule has 118 valence electrons. The van der Waals surface area contributed by atoms with E-state index in [4.69, 9.17) is 25.8 Å². The molecule has 0 aliphatic rings. The van der Waals surface area contributed by atoms with Crippen molar-refractivity contribution in [3.05, 3.63) is 18.2 Å². The molecule has 0 saturated carbocycles. The van der Waals surface area contributed by atoms with E-state index in [9.17, 15) is 9.59 Å². The van der Waals surface area contributed by atoms with E-state index >= 15 is 0 Å². The van der Waals surface area contributed by atoms with Gasteiger partial charge in [0.15, 0.2) is 0 Å². The topological polar surface area (TPSA) is 179 Å². The van der Waals surface area contributed by atoms with Crippen LogP contribution in [-0.2, 0) is 20.8 Å². The summed E-state index contributed by atoms with van der Waals surface area (Å²) in [6.07, 6.45) is 2.95. The molecule has 0 aliphatic carbocycles. The van der Waals surface area contributed by atoms with Gasteiger partial charge in [-0.1, -0.05) is 0 Å². The van der Waals surface area contributed by atoms with Gasteiger partial charge in [0, 0.05) is 25.2 Å². The smallest absolute Gasteiger partial charge is 0.326 e. The van der Waals surface area contributed by atoms with E-state index in [0.717, 1.165) is 6.92 Å². The number of aliphatic carboxylic acids is 2. The summed E-state index contributed by atoms with van der Waals surface area (Å²) in [7, 11) is 0. The fourth-order valence-electron chi connectivity index (χ4n) is 1.18. The number of carboxylic acids is 2. The van der Waals surface area contributed by atoms with E-state index in [1.165, 1.54) is 12.5 Å². The van der Waals surface area contributed by atoms with Crippen molar-refractivity contribution in [2.24, 2.45) is 5.73 Å². The molecular weight excluding hydrogens is 284 g/mol. The van der Waals surface area contributed by atoms with E-state index in [1.54, 1.807) is 0 Å². The lowest BCUT2D eigenvalue weighted by Gasteiger charge is -2.15. The van der Waals surface area contributed by atoms with Crippen LogP contribution in [0.25, 0.3) is 0 Å². The summed E-state index contributed by atoms with van der Waals surface area (Å²) >= 11 is 0. The molecule has 10 nitrogen and oxygen atoms in total. The molecule has 1 rings (SSSR count). The molecule has 1 amide bonds. The first-order valence-electron chi connectivity index (χ1n) is 5.84. The number of aromatic amines is 1. The van der Waals surface area contributed by atoms with E-state index in [1.807, 2.05) is 0 Å². The van der Waals surface area contributed by atoms with Crippen LogP contribution in [0.2, 0.25) is 0 Å². The SMILES string of the molecule is CC(=O)O.NC(CO)C(=O)NC(Cc1cnc[nH]1)C(=O)O. The minimum Gasteiger partial charge on any atom is -0.481 e. The number of H-pyrrole nitrogens is 1. The van der Waals surface area contributed by atoms with Crippen molar-refractivity contribution >= 4 is 17.8 Å². The Morgan fingerprint density at radius 1 is 1.43 bits per heavy atom. The van der Waals surface area contributed by atoms with Crippen LogP contribution in [0.15, 0.2) is 12.5 Å². The standard InChI is InChI=1S/C9H14N4O4.C2H4O2/c10-6(3-14)8(15)13-7(9(16)17)1-5-2-11-4-12-5;1-2(3)4/h2,4,6-7,14H,1,3,10H2,(H,11,12)(H,13,15)(H,16,17);1H3,(H,3,4). The zero-order valence-electron chi connectivity index (χ0n) is 11.3. The van der Waals surface area contributed by atoms with E-state index in [0.29, 0.717) is 5.69 Å². The van der Waals surface area contributed by atoms with Gasteiger partial charge in [-0.15, -0.1) is 0 Å². The van der Waals surface area contributed by atoms with Crippen LogP contribution in [0.5, 0.6) is 0 Å². The number of nitrogens with two attached hydrogens (primary N) is 1. The lowest BCUT2D eigenvalue weighted by atomic mass is 10.1. The molecule has 1 aromatic heterocycles. The number of aliphatic hydroxyl groups excluding tert-OH is 1. The summed E-state index contributed by atoms with van der Waals surface area (Å²) in [6, 6.07) is -2.24. The normalized spacial score (nSPS) is 12.5. The van der Waals surface area contributed by atoms with Crippen LogP contribution in [0.3, 0.4) is 0 Å². The number of hydrogen-bond acceptors (Lipinski definition) is 6. The van der Waals surface area contributed by atoms with Crippen LogP contribution < -0.4 is 11.1 Å². The number of amides is 1. The molecule has 2 atom stereocenters. The Morgan fingerprint density at radius 3 is 2.38 bits per heavy atom. The highest BCUT2D eigenvalue weighted by molar-refractivity contribution is 5.86. The minimum atomic E-state index is -1.18. The molecular formula is C11H18N4O6. The van der Waals surface area contributed by atoms with Crippen molar-refractivity contribution in [1.29, 1.82) is 0 Å². The summed E-state index contributed by atoms with van der Waals surface area (Å²) in [5, 5.41) is 27.2. The summed E-state index contributed by atoms with van der Waals surface area (Å²) in [5.74, 6) is -2.72. The van der Waals surface area contributed by atoms with Gasteiger partial charge >= 0.3 is 5.97 Å². The second-order valence-corrected chi connectivity index (χ2v) is 3.99. The van der Waals surface area contributed by atoms with Crippen molar-refractivity contribution in [2.45, 2.75) is 25.4 Å². The Kier molecular flexibility index (Phi) is 8.34. The average Bonchev–Trinajstić information content (AvgIpc) is 2.88. The van der Waals surface area contributed by atoms with E-state index in [2.05, 4.69) is 15.3 Å². The minimum absolute atomic E-state index is 0.0687. The van der Waals surface area contributed by atoms with E-state index < -0.39 is 36.5 Å². The van der Waals surface area contributed by atoms with Gasteiger partial charge in [0.05, 0.1) is 12.9 Å². The van der Waals surface area contributed by atoms with Gasteiger partial charge in [-0.05, 0) is 0 Å². The summed E-state index contributed by atoms with van der Waals surface area (Å²) in [6.45, 7) is 0.544. The second-order valence-electron chi connectivity index (χ2n) is 3.99. The van der Waals surface area contributed by atoms with Gasteiger partial charge in [0.2, 0.25) is 5.91 Å². The zero-order chi connectivity index (χ0) is 16.4. The van der Waals surface area contributed by atoms with Crippen molar-refractivity contribution in [3.63, 3.8) is 0 Å². The molecule has 7 N–H and O–H groups in total. The van der Waals surface area contributed by atoms with Crippen LogP contribution in [-0.4, -0.2) is 61.8 Å². The number of carbonyl (C=O) groups is 3. The number of carboxylic acid groups (broad SMARTS) is 2. The summed E-state index contributed by atoms with van der Waals surface area (Å²) in [5.41, 5.74) is 5.84. The molecule has 10 heteroatoms. The number of hydrogen-bond donors (Lipinski definition) is 6. The molecule has 21 heavy (non-hydrogen) atoms. The monoisotopic (exact) mass is 302 g/mol. The van der Waals surface area contributed by atoms with Gasteiger partial charge in [0.25, 0.3) is 5.97 Å². The first-order valence-corrected chi connectivity index (χ1v) is 5.84. The van der Waals surface area contributed by atoms with Crippen LogP contribution in [0, 0.1) is 0 Å². The fourth-order valence-corrected chi connectivity index (χ4v) is 1.18. The first-order chi connectivity index (χ1) is 9.77. The van der Waals surface area contributed by atoms with Crippen molar-refractivity contribution in [3.8, 4) is 0 Å². The number of nitrogens with zero attached hydrogens (tertiary/aromatic N) is 1. The van der Waals surface area contributed by atoms with Crippen molar-refractivity contribution in [1.82, 2.24) is 15.3 Å². The summed E-state index contributed by atoms with van der Waals surface area (Å²) in [4.78, 5) is 37.7. The number of nitrogens with one attached hydrogen (secondary N) is 2. The number of carbonyl (C=O) groups excluding carboxylic acids is 1. The highest BCUT2D eigenvalue weighted by Crippen LogP contribution is 1.99. The molecule has 0 aliphatic heterocycles. The molecule has 0 fully saturated rings. The summed E-state index contributed by atoms with van der Waals surface area (Å²) < 4.78 is 0. The fraction of sp³-hybridized carbons (Fsp3) is 0.455. The molecule has 2 unspecified atom stereocenters. The molecule has 0 spiro atoms. The molecule has 1 aromatic rings. The predicted octanol–water partition coefficient (Wildman–Crippen LogP) is -2.07. The molecule has 0 radical (unpaired) electrons. The van der Waals surface area contributed by atoms with Gasteiger partial charge in [-0.25, -0.2) is 9.78 Å². The van der Waals surface area contributed by atoms with Crippen LogP contribution in [0.1, 0.15) is 12.6 Å². The highest BCUT2D eigenvalue weighted by atomic mass is 16.4. The largest absolute Gasteiger partial charge is 0.481 e. The molecule has 0 saturated heterocycles. The zero-order valence-corrected chi connectivity index (χ0v) is 11.3. The molecule has 1 heterocycles. The lowest BCUT2D eigenvalue weighted by Crippen LogP contribution is -2.50. The van der Waals surface area contributed by atoms with Crippen LogP contribution in [0.4, 0.5) is 0 Å². The van der Waals surface area contributed by atoms with E-state index in [-0.39, 0.29) is 6.42 Å². The number of aromatic nitrogens is 2. The third-order valence-electron chi connectivity index (χ3n) is 2.13. The maximum Gasteiger partial charge on any atom is 0.326 e. The van der Waals surface area contributed by atoms with Gasteiger partial charge < -0.3 is 31.4 Å². The quantitative estimate of drug-likeness (QED) is 0.347. The Morgan fingerprint density at radius 2 is 2.00 bits per heavy atom. The lowest BCUT2D eigenvalue weighted by molar-refractivity contribution is -0.142. The Hall–Kier alpha value is -2.46. The molecule has 0 aromatic carbocycles. The van der Waals surface area contributed by atoms with Crippen molar-refractivity contribution < 1.29 is 29.7 Å². The number of imidazole rings is 1. The van der Waals surface area contributed by atoms with Gasteiger partial charge in [0.1, 0.15) is 12.1 Å². The van der Waals surface area contributed by atoms with Gasteiger partial charge in [-0.3, -0.25) is 9.59 Å². The average molecular weight is 302 g/mol. The maximum atomic E-state index is 11.3. The van der Waals surface area contributed by atoms with Crippen LogP contribution >= 0.6 is 0 Å². The highest BCUT2D eigenvalue weighted by Gasteiger charge is 2.23. The predicted molar refractivity (Wildman–Crippen MR) is 70.2 cm³/mol. The number of aliphatic hydroxyl groups is 1. The Labute approximate surface area is 120 Å². The van der Waals surface area contributed by atoms with Gasteiger partial charge in [-0.2, -0.15) is 0 Å².